The van der Waals surface area contributed by atoms with Crippen LogP contribution < -0.4 is 10.1 Å². The molecule has 0 radical (unpaired) electrons. The van der Waals surface area contributed by atoms with Crippen LogP contribution in [0.15, 0.2) is 47.9 Å². The maximum absolute atomic E-state index is 12.4. The summed E-state index contributed by atoms with van der Waals surface area (Å²) in [6, 6.07) is 11.4. The fraction of sp³-hybridized carbons (Fsp3) is 0.211. The maximum Gasteiger partial charge on any atom is 0.234 e. The molecule has 0 fully saturated rings. The molecule has 8 heteroatoms. The molecule has 6 nitrogen and oxygen atoms in total. The molecule has 140 valence electrons. The van der Waals surface area contributed by atoms with Crippen LogP contribution in [-0.4, -0.2) is 33.5 Å². The summed E-state index contributed by atoms with van der Waals surface area (Å²) >= 11 is 7.42. The SMILES string of the molecule is COc1cc(Cl)c(C)cc1NC(=O)CSc1nncn1-c1ccccc1C. The van der Waals surface area contributed by atoms with Crippen LogP contribution in [0.1, 0.15) is 11.1 Å². The number of halogens is 1. The first-order valence-corrected chi connectivity index (χ1v) is 9.58. The summed E-state index contributed by atoms with van der Waals surface area (Å²) in [6.07, 6.45) is 1.65. The number of hydrogen-bond acceptors (Lipinski definition) is 5. The van der Waals surface area contributed by atoms with Crippen LogP contribution in [0.5, 0.6) is 5.75 Å². The lowest BCUT2D eigenvalue weighted by molar-refractivity contribution is -0.113. The number of nitrogens with one attached hydrogen (secondary N) is 1. The lowest BCUT2D eigenvalue weighted by Crippen LogP contribution is -2.15. The van der Waals surface area contributed by atoms with Gasteiger partial charge in [-0.05, 0) is 37.1 Å². The molecule has 27 heavy (non-hydrogen) atoms. The highest BCUT2D eigenvalue weighted by atomic mass is 35.5. The minimum atomic E-state index is -0.167. The first-order chi connectivity index (χ1) is 13.0. The molecule has 2 aromatic carbocycles. The number of hydrogen-bond donors (Lipinski definition) is 1. The van der Waals surface area contributed by atoms with Crippen LogP contribution in [-0.2, 0) is 4.79 Å². The molecule has 0 aliphatic carbocycles. The Labute approximate surface area is 166 Å². The van der Waals surface area contributed by atoms with Crippen molar-refractivity contribution in [1.82, 2.24) is 14.8 Å². The lowest BCUT2D eigenvalue weighted by atomic mass is 10.2. The Hall–Kier alpha value is -2.51. The van der Waals surface area contributed by atoms with E-state index < -0.39 is 0 Å². The molecule has 0 aliphatic heterocycles. The largest absolute Gasteiger partial charge is 0.495 e. The van der Waals surface area contributed by atoms with E-state index in [0.29, 0.717) is 21.6 Å². The van der Waals surface area contributed by atoms with Gasteiger partial charge in [0.15, 0.2) is 5.16 Å². The van der Waals surface area contributed by atoms with Crippen LogP contribution in [0.25, 0.3) is 5.69 Å². The predicted molar refractivity (Wildman–Crippen MR) is 108 cm³/mol. The van der Waals surface area contributed by atoms with E-state index in [4.69, 9.17) is 16.3 Å². The number of aromatic nitrogens is 3. The third-order valence-corrected chi connectivity index (χ3v) is 5.33. The zero-order chi connectivity index (χ0) is 19.4. The highest BCUT2D eigenvalue weighted by Gasteiger charge is 2.14. The van der Waals surface area contributed by atoms with Crippen LogP contribution >= 0.6 is 23.4 Å². The molecule has 3 rings (SSSR count). The Bertz CT molecular complexity index is 974. The van der Waals surface area contributed by atoms with Gasteiger partial charge in [-0.1, -0.05) is 41.6 Å². The van der Waals surface area contributed by atoms with Gasteiger partial charge in [0.05, 0.1) is 24.2 Å². The van der Waals surface area contributed by atoms with Gasteiger partial charge in [0, 0.05) is 11.1 Å². The Morgan fingerprint density at radius 3 is 2.78 bits per heavy atom. The van der Waals surface area contributed by atoms with E-state index in [2.05, 4.69) is 15.5 Å². The molecule has 0 unspecified atom stereocenters. The summed E-state index contributed by atoms with van der Waals surface area (Å²) in [6.45, 7) is 3.89. The average Bonchev–Trinajstić information content (AvgIpc) is 3.11. The maximum atomic E-state index is 12.4. The van der Waals surface area contributed by atoms with Crippen molar-refractivity contribution in [3.05, 3.63) is 58.9 Å². The summed E-state index contributed by atoms with van der Waals surface area (Å²) < 4.78 is 7.17. The first-order valence-electron chi connectivity index (χ1n) is 8.22. The van der Waals surface area contributed by atoms with E-state index in [0.717, 1.165) is 16.8 Å². The zero-order valence-electron chi connectivity index (χ0n) is 15.2. The summed E-state index contributed by atoms with van der Waals surface area (Å²) in [5.74, 6) is 0.543. The second-order valence-corrected chi connectivity index (χ2v) is 7.26. The Morgan fingerprint density at radius 1 is 1.26 bits per heavy atom. The molecule has 3 aromatic rings. The van der Waals surface area contributed by atoms with E-state index in [1.165, 1.54) is 18.9 Å². The third-order valence-electron chi connectivity index (χ3n) is 3.98. The van der Waals surface area contributed by atoms with Gasteiger partial charge in [0.25, 0.3) is 0 Å². The second-order valence-electron chi connectivity index (χ2n) is 5.91. The molecule has 0 saturated heterocycles. The van der Waals surface area contributed by atoms with Crippen molar-refractivity contribution in [2.24, 2.45) is 0 Å². The van der Waals surface area contributed by atoms with Crippen LogP contribution in [0.4, 0.5) is 5.69 Å². The number of ether oxygens (including phenoxy) is 1. The fourth-order valence-corrected chi connectivity index (χ4v) is 3.44. The van der Waals surface area contributed by atoms with Crippen molar-refractivity contribution < 1.29 is 9.53 Å². The minimum Gasteiger partial charge on any atom is -0.495 e. The highest BCUT2D eigenvalue weighted by Crippen LogP contribution is 2.31. The number of methoxy groups -OCH3 is 1. The highest BCUT2D eigenvalue weighted by molar-refractivity contribution is 7.99. The lowest BCUT2D eigenvalue weighted by Gasteiger charge is -2.12. The molecular weight excluding hydrogens is 384 g/mol. The molecule has 1 aromatic heterocycles. The van der Waals surface area contributed by atoms with Gasteiger partial charge in [-0.25, -0.2) is 0 Å². The number of para-hydroxylation sites is 1. The Morgan fingerprint density at radius 2 is 2.04 bits per heavy atom. The number of thioether (sulfide) groups is 1. The summed E-state index contributed by atoms with van der Waals surface area (Å²) in [7, 11) is 1.54. The summed E-state index contributed by atoms with van der Waals surface area (Å²) in [5.41, 5.74) is 3.54. The van der Waals surface area contributed by atoms with E-state index in [1.54, 1.807) is 18.5 Å². The normalized spacial score (nSPS) is 10.7. The smallest absolute Gasteiger partial charge is 0.234 e. The summed E-state index contributed by atoms with van der Waals surface area (Å²) in [4.78, 5) is 12.4. The molecule has 1 heterocycles. The van der Waals surface area contributed by atoms with Crippen molar-refractivity contribution in [3.63, 3.8) is 0 Å². The van der Waals surface area contributed by atoms with E-state index in [9.17, 15) is 4.79 Å². The average molecular weight is 403 g/mol. The molecule has 0 aliphatic rings. The fourth-order valence-electron chi connectivity index (χ4n) is 2.57. The third kappa shape index (κ3) is 4.43. The minimum absolute atomic E-state index is 0.167. The number of amides is 1. The molecule has 0 atom stereocenters. The van der Waals surface area contributed by atoms with Crippen LogP contribution in [0, 0.1) is 13.8 Å². The quantitative estimate of drug-likeness (QED) is 0.623. The van der Waals surface area contributed by atoms with Crippen molar-refractivity contribution in [1.29, 1.82) is 0 Å². The monoisotopic (exact) mass is 402 g/mol. The Kier molecular flexibility index (Phi) is 6.03. The number of aryl methyl sites for hydroxylation is 2. The Balaban J connectivity index is 1.70. The molecule has 0 spiro atoms. The number of carbonyl (C=O) groups excluding carboxylic acids is 1. The van der Waals surface area contributed by atoms with Gasteiger partial charge in [-0.3, -0.25) is 9.36 Å². The van der Waals surface area contributed by atoms with Crippen molar-refractivity contribution >= 4 is 35.0 Å². The van der Waals surface area contributed by atoms with Crippen LogP contribution in [0.2, 0.25) is 5.02 Å². The zero-order valence-corrected chi connectivity index (χ0v) is 16.8. The van der Waals surface area contributed by atoms with Gasteiger partial charge >= 0.3 is 0 Å². The van der Waals surface area contributed by atoms with E-state index >= 15 is 0 Å². The van der Waals surface area contributed by atoms with Gasteiger partial charge in [0.1, 0.15) is 12.1 Å². The van der Waals surface area contributed by atoms with E-state index in [-0.39, 0.29) is 11.7 Å². The number of rotatable bonds is 6. The molecule has 1 N–H and O–H groups in total. The number of nitrogens with zero attached hydrogens (tertiary/aromatic N) is 3. The van der Waals surface area contributed by atoms with Gasteiger partial charge in [-0.2, -0.15) is 0 Å². The summed E-state index contributed by atoms with van der Waals surface area (Å²) in [5, 5.41) is 12.2. The topological polar surface area (TPSA) is 69.0 Å². The second kappa shape index (κ2) is 8.45. The van der Waals surface area contributed by atoms with Crippen LogP contribution in [0.3, 0.4) is 0 Å². The predicted octanol–water partition coefficient (Wildman–Crippen LogP) is 4.28. The van der Waals surface area contributed by atoms with Gasteiger partial charge in [0.2, 0.25) is 5.91 Å². The number of benzene rings is 2. The van der Waals surface area contributed by atoms with Gasteiger partial charge < -0.3 is 10.1 Å². The number of anilines is 1. The molecule has 0 saturated carbocycles. The van der Waals surface area contributed by atoms with Crippen molar-refractivity contribution in [3.8, 4) is 11.4 Å². The first kappa shape index (κ1) is 19.3. The standard InChI is InChI=1S/C19H19ClN4O2S/c1-12-6-4-5-7-16(12)24-11-21-23-19(24)27-10-18(25)22-15-8-13(2)14(20)9-17(15)26-3/h4-9,11H,10H2,1-3H3,(H,22,25). The van der Waals surface area contributed by atoms with Crippen molar-refractivity contribution in [2.45, 2.75) is 19.0 Å². The van der Waals surface area contributed by atoms with Gasteiger partial charge in [-0.15, -0.1) is 10.2 Å². The van der Waals surface area contributed by atoms with E-state index in [1.807, 2.05) is 42.7 Å². The number of carbonyl (C=O) groups is 1. The molecule has 0 bridgehead atoms. The molecular formula is C19H19ClN4O2S. The molecule has 1 amide bonds. The van der Waals surface area contributed by atoms with Crippen molar-refractivity contribution in [2.75, 3.05) is 18.2 Å².